The van der Waals surface area contributed by atoms with Crippen LogP contribution in [0.1, 0.15) is 26.3 Å². The van der Waals surface area contributed by atoms with Gasteiger partial charge in [-0.2, -0.15) is 0 Å². The van der Waals surface area contributed by atoms with Crippen LogP contribution in [0.3, 0.4) is 0 Å². The van der Waals surface area contributed by atoms with Crippen LogP contribution >= 0.6 is 0 Å². The SMILES string of the molecule is CCNC(=NCC(O)Cc1ccccc1)NC(C)C. The zero-order valence-electron chi connectivity index (χ0n) is 12.1. The number of aliphatic hydroxyl groups is 1. The first-order chi connectivity index (χ1) is 9.11. The topological polar surface area (TPSA) is 56.7 Å². The van der Waals surface area contributed by atoms with E-state index in [1.165, 1.54) is 0 Å². The molecule has 3 N–H and O–H groups in total. The Morgan fingerprint density at radius 2 is 1.95 bits per heavy atom. The van der Waals surface area contributed by atoms with Crippen LogP contribution in [0, 0.1) is 0 Å². The van der Waals surface area contributed by atoms with Crippen LogP contribution < -0.4 is 10.6 Å². The van der Waals surface area contributed by atoms with Crippen molar-refractivity contribution in [3.05, 3.63) is 35.9 Å². The third kappa shape index (κ3) is 6.82. The largest absolute Gasteiger partial charge is 0.391 e. The van der Waals surface area contributed by atoms with Gasteiger partial charge in [0, 0.05) is 19.0 Å². The second-order valence-electron chi connectivity index (χ2n) is 4.86. The van der Waals surface area contributed by atoms with E-state index in [0.29, 0.717) is 19.0 Å². The summed E-state index contributed by atoms with van der Waals surface area (Å²) in [4.78, 5) is 4.39. The van der Waals surface area contributed by atoms with Gasteiger partial charge in [0.15, 0.2) is 5.96 Å². The van der Waals surface area contributed by atoms with Gasteiger partial charge in [-0.15, -0.1) is 0 Å². The smallest absolute Gasteiger partial charge is 0.191 e. The van der Waals surface area contributed by atoms with Gasteiger partial charge < -0.3 is 15.7 Å². The lowest BCUT2D eigenvalue weighted by atomic mass is 10.1. The average molecular weight is 263 g/mol. The van der Waals surface area contributed by atoms with Gasteiger partial charge in [0.2, 0.25) is 0 Å². The molecule has 1 rings (SSSR count). The molecule has 0 heterocycles. The fourth-order valence-corrected chi connectivity index (χ4v) is 1.74. The third-order valence-corrected chi connectivity index (χ3v) is 2.54. The summed E-state index contributed by atoms with van der Waals surface area (Å²) in [5.74, 6) is 0.754. The molecule has 0 aliphatic heterocycles. The van der Waals surface area contributed by atoms with Crippen LogP contribution in [0.5, 0.6) is 0 Å². The Balaban J connectivity index is 2.47. The van der Waals surface area contributed by atoms with Crippen LogP contribution in [-0.4, -0.2) is 36.3 Å². The van der Waals surface area contributed by atoms with Crippen molar-refractivity contribution in [2.75, 3.05) is 13.1 Å². The summed E-state index contributed by atoms with van der Waals surface area (Å²) in [7, 11) is 0. The molecule has 19 heavy (non-hydrogen) atoms. The summed E-state index contributed by atoms with van der Waals surface area (Å²) in [5.41, 5.74) is 1.13. The number of nitrogens with zero attached hydrogens (tertiary/aromatic N) is 1. The standard InChI is InChI=1S/C15H25N3O/c1-4-16-15(18-12(2)3)17-11-14(19)10-13-8-6-5-7-9-13/h5-9,12,14,19H,4,10-11H2,1-3H3,(H2,16,17,18). The van der Waals surface area contributed by atoms with Crippen LogP contribution in [0.2, 0.25) is 0 Å². The molecule has 0 saturated carbocycles. The molecule has 106 valence electrons. The molecule has 0 radical (unpaired) electrons. The lowest BCUT2D eigenvalue weighted by Crippen LogP contribution is -2.41. The molecule has 1 unspecified atom stereocenters. The molecule has 1 aromatic carbocycles. The summed E-state index contributed by atoms with van der Waals surface area (Å²) >= 11 is 0. The number of nitrogens with one attached hydrogen (secondary N) is 2. The maximum absolute atomic E-state index is 9.99. The highest BCUT2D eigenvalue weighted by Crippen LogP contribution is 2.03. The highest BCUT2D eigenvalue weighted by molar-refractivity contribution is 5.79. The van der Waals surface area contributed by atoms with Gasteiger partial charge in [-0.05, 0) is 26.3 Å². The molecule has 0 aliphatic rings. The van der Waals surface area contributed by atoms with Crippen molar-refractivity contribution < 1.29 is 5.11 Å². The van der Waals surface area contributed by atoms with Gasteiger partial charge in [-0.1, -0.05) is 30.3 Å². The van der Waals surface area contributed by atoms with E-state index in [2.05, 4.69) is 29.5 Å². The highest BCUT2D eigenvalue weighted by Gasteiger charge is 2.06. The quantitative estimate of drug-likeness (QED) is 0.539. The maximum Gasteiger partial charge on any atom is 0.191 e. The summed E-state index contributed by atoms with van der Waals surface area (Å²) in [6, 6.07) is 10.3. The highest BCUT2D eigenvalue weighted by atomic mass is 16.3. The van der Waals surface area contributed by atoms with Crippen molar-refractivity contribution in [3.8, 4) is 0 Å². The van der Waals surface area contributed by atoms with Crippen LogP contribution in [-0.2, 0) is 6.42 Å². The fraction of sp³-hybridized carbons (Fsp3) is 0.533. The van der Waals surface area contributed by atoms with Gasteiger partial charge in [-0.3, -0.25) is 4.99 Å². The van der Waals surface area contributed by atoms with Crippen LogP contribution in [0.15, 0.2) is 35.3 Å². The number of rotatable bonds is 6. The molecule has 0 bridgehead atoms. The molecule has 0 aliphatic carbocycles. The third-order valence-electron chi connectivity index (χ3n) is 2.54. The van der Waals surface area contributed by atoms with Crippen molar-refractivity contribution in [2.45, 2.75) is 39.3 Å². The van der Waals surface area contributed by atoms with Crippen molar-refractivity contribution in [2.24, 2.45) is 4.99 Å². The average Bonchev–Trinajstić information content (AvgIpc) is 2.37. The first-order valence-corrected chi connectivity index (χ1v) is 6.88. The molecule has 0 spiro atoms. The zero-order valence-corrected chi connectivity index (χ0v) is 12.1. The van der Waals surface area contributed by atoms with Crippen LogP contribution in [0.25, 0.3) is 0 Å². The first kappa shape index (κ1) is 15.5. The van der Waals surface area contributed by atoms with E-state index in [1.54, 1.807) is 0 Å². The van der Waals surface area contributed by atoms with Crippen LogP contribution in [0.4, 0.5) is 0 Å². The number of guanidine groups is 1. The van der Waals surface area contributed by atoms with E-state index in [1.807, 2.05) is 37.3 Å². The van der Waals surface area contributed by atoms with Gasteiger partial charge in [0.25, 0.3) is 0 Å². The number of benzene rings is 1. The summed E-state index contributed by atoms with van der Waals surface area (Å²) in [6.07, 6.45) is 0.177. The van der Waals surface area contributed by atoms with Crippen molar-refractivity contribution >= 4 is 5.96 Å². The molecule has 0 amide bonds. The summed E-state index contributed by atoms with van der Waals surface area (Å²) < 4.78 is 0. The van der Waals surface area contributed by atoms with E-state index >= 15 is 0 Å². The van der Waals surface area contributed by atoms with Crippen molar-refractivity contribution in [1.82, 2.24) is 10.6 Å². The number of hydrogen-bond donors (Lipinski definition) is 3. The van der Waals surface area contributed by atoms with E-state index < -0.39 is 6.10 Å². The first-order valence-electron chi connectivity index (χ1n) is 6.88. The van der Waals surface area contributed by atoms with Gasteiger partial charge in [0.1, 0.15) is 0 Å². The molecule has 0 aromatic heterocycles. The van der Waals surface area contributed by atoms with E-state index in [9.17, 15) is 5.11 Å². The van der Waals surface area contributed by atoms with Crippen molar-refractivity contribution in [1.29, 1.82) is 0 Å². The van der Waals surface area contributed by atoms with E-state index in [-0.39, 0.29) is 0 Å². The maximum atomic E-state index is 9.99. The molecule has 1 atom stereocenters. The predicted molar refractivity (Wildman–Crippen MR) is 80.4 cm³/mol. The number of aliphatic hydroxyl groups excluding tert-OH is 1. The Hall–Kier alpha value is -1.55. The molecule has 1 aromatic rings. The number of hydrogen-bond acceptors (Lipinski definition) is 2. The minimum absolute atomic E-state index is 0.323. The van der Waals surface area contributed by atoms with E-state index in [0.717, 1.165) is 18.1 Å². The summed E-state index contributed by atoms with van der Waals surface area (Å²) in [5, 5.41) is 16.4. The second kappa shape index (κ2) is 8.53. The Labute approximate surface area is 116 Å². The minimum atomic E-state index is -0.454. The molecular formula is C15H25N3O. The zero-order chi connectivity index (χ0) is 14.1. The van der Waals surface area contributed by atoms with Crippen molar-refractivity contribution in [3.63, 3.8) is 0 Å². The van der Waals surface area contributed by atoms with Gasteiger partial charge in [-0.25, -0.2) is 0 Å². The Bertz CT molecular complexity index is 376. The lowest BCUT2D eigenvalue weighted by Gasteiger charge is -2.15. The summed E-state index contributed by atoms with van der Waals surface area (Å²) in [6.45, 7) is 7.36. The van der Waals surface area contributed by atoms with Gasteiger partial charge >= 0.3 is 0 Å². The predicted octanol–water partition coefficient (Wildman–Crippen LogP) is 1.55. The monoisotopic (exact) mass is 263 g/mol. The fourth-order valence-electron chi connectivity index (χ4n) is 1.74. The molecule has 0 fully saturated rings. The lowest BCUT2D eigenvalue weighted by molar-refractivity contribution is 0.183. The Morgan fingerprint density at radius 3 is 2.53 bits per heavy atom. The van der Waals surface area contributed by atoms with Gasteiger partial charge in [0.05, 0.1) is 12.6 Å². The molecule has 4 nitrogen and oxygen atoms in total. The van der Waals surface area contributed by atoms with E-state index in [4.69, 9.17) is 0 Å². The Morgan fingerprint density at radius 1 is 1.26 bits per heavy atom. The molecular weight excluding hydrogens is 238 g/mol. The minimum Gasteiger partial charge on any atom is -0.391 e. The molecule has 4 heteroatoms. The normalized spacial score (nSPS) is 13.4. The molecule has 0 saturated heterocycles. The Kier molecular flexibility index (Phi) is 6.97. The number of aliphatic imine (C=N–C) groups is 1. The second-order valence-corrected chi connectivity index (χ2v) is 4.86.